The molecule has 0 aliphatic carbocycles. The van der Waals surface area contributed by atoms with E-state index in [2.05, 4.69) is 15.4 Å². The molecule has 2 aromatic heterocycles. The fraction of sp³-hybridized carbons (Fsp3) is 0.211. The summed E-state index contributed by atoms with van der Waals surface area (Å²) in [7, 11) is 1.86. The zero-order chi connectivity index (χ0) is 17.6. The van der Waals surface area contributed by atoms with E-state index in [1.807, 2.05) is 32.3 Å². The van der Waals surface area contributed by atoms with Crippen molar-refractivity contribution in [3.05, 3.63) is 66.1 Å². The lowest BCUT2D eigenvalue weighted by Gasteiger charge is -2.09. The second-order valence-corrected chi connectivity index (χ2v) is 5.55. The van der Waals surface area contributed by atoms with Gasteiger partial charge in [0.1, 0.15) is 5.75 Å². The first-order valence-corrected chi connectivity index (χ1v) is 8.11. The van der Waals surface area contributed by atoms with E-state index in [0.717, 1.165) is 22.6 Å². The number of nitrogens with zero attached hydrogens (tertiary/aromatic N) is 3. The van der Waals surface area contributed by atoms with E-state index in [4.69, 9.17) is 4.74 Å². The Morgan fingerprint density at radius 2 is 2.04 bits per heavy atom. The number of rotatable bonds is 6. The van der Waals surface area contributed by atoms with Gasteiger partial charge in [0.2, 0.25) is 0 Å². The van der Waals surface area contributed by atoms with Gasteiger partial charge in [-0.25, -0.2) is 0 Å². The van der Waals surface area contributed by atoms with E-state index >= 15 is 0 Å². The highest BCUT2D eigenvalue weighted by molar-refractivity contribution is 5.94. The van der Waals surface area contributed by atoms with E-state index in [1.165, 1.54) is 0 Å². The summed E-state index contributed by atoms with van der Waals surface area (Å²) < 4.78 is 7.12. The Kier molecular flexibility index (Phi) is 5.09. The Morgan fingerprint density at radius 1 is 1.24 bits per heavy atom. The number of aryl methyl sites for hydroxylation is 1. The van der Waals surface area contributed by atoms with Crippen LogP contribution in [0.1, 0.15) is 22.8 Å². The molecule has 0 fully saturated rings. The number of benzene rings is 1. The molecule has 6 nitrogen and oxygen atoms in total. The van der Waals surface area contributed by atoms with E-state index in [9.17, 15) is 4.79 Å². The fourth-order valence-electron chi connectivity index (χ4n) is 2.53. The molecule has 1 N–H and O–H groups in total. The van der Waals surface area contributed by atoms with Crippen LogP contribution in [0.25, 0.3) is 11.3 Å². The molecule has 0 radical (unpaired) electrons. The second kappa shape index (κ2) is 7.61. The molecule has 0 aliphatic heterocycles. The summed E-state index contributed by atoms with van der Waals surface area (Å²) in [5.41, 5.74) is 3.28. The molecule has 1 amide bonds. The molecule has 6 heteroatoms. The van der Waals surface area contributed by atoms with Crippen molar-refractivity contribution < 1.29 is 9.53 Å². The third-order valence-corrected chi connectivity index (χ3v) is 3.74. The van der Waals surface area contributed by atoms with Crippen molar-refractivity contribution in [2.24, 2.45) is 7.05 Å². The van der Waals surface area contributed by atoms with E-state index in [1.54, 1.807) is 41.3 Å². The fourth-order valence-corrected chi connectivity index (χ4v) is 2.53. The van der Waals surface area contributed by atoms with Crippen molar-refractivity contribution >= 4 is 5.91 Å². The SMILES string of the molecule is CCOc1ccc(C(=O)NCc2cccnc2-c2cnn(C)c2)cc1. The Balaban J connectivity index is 1.70. The van der Waals surface area contributed by atoms with Gasteiger partial charge in [-0.3, -0.25) is 14.5 Å². The van der Waals surface area contributed by atoms with Gasteiger partial charge in [0.05, 0.1) is 18.5 Å². The van der Waals surface area contributed by atoms with Crippen LogP contribution in [0.15, 0.2) is 55.0 Å². The summed E-state index contributed by atoms with van der Waals surface area (Å²) in [6.07, 6.45) is 5.40. The Morgan fingerprint density at radius 3 is 2.72 bits per heavy atom. The normalized spacial score (nSPS) is 10.5. The van der Waals surface area contributed by atoms with Gasteiger partial charge in [-0.2, -0.15) is 5.10 Å². The van der Waals surface area contributed by atoms with Crippen LogP contribution >= 0.6 is 0 Å². The number of aromatic nitrogens is 3. The number of hydrogen-bond acceptors (Lipinski definition) is 4. The Hall–Kier alpha value is -3.15. The maximum atomic E-state index is 12.4. The van der Waals surface area contributed by atoms with Crippen LogP contribution in [0.2, 0.25) is 0 Å². The van der Waals surface area contributed by atoms with Gasteiger partial charge in [0, 0.05) is 37.1 Å². The van der Waals surface area contributed by atoms with E-state index in [0.29, 0.717) is 18.7 Å². The molecule has 3 rings (SSSR count). The number of hydrogen-bond donors (Lipinski definition) is 1. The molecule has 25 heavy (non-hydrogen) atoms. The van der Waals surface area contributed by atoms with Crippen molar-refractivity contribution in [3.8, 4) is 17.0 Å². The van der Waals surface area contributed by atoms with Crippen molar-refractivity contribution in [3.63, 3.8) is 0 Å². The van der Waals surface area contributed by atoms with Gasteiger partial charge in [-0.15, -0.1) is 0 Å². The minimum atomic E-state index is -0.135. The van der Waals surface area contributed by atoms with Gasteiger partial charge in [0.15, 0.2) is 0 Å². The highest BCUT2D eigenvalue weighted by atomic mass is 16.5. The molecule has 0 bridgehead atoms. The summed E-state index contributed by atoms with van der Waals surface area (Å²) in [6.45, 7) is 2.92. The third-order valence-electron chi connectivity index (χ3n) is 3.74. The van der Waals surface area contributed by atoms with Crippen LogP contribution < -0.4 is 10.1 Å². The number of ether oxygens (including phenoxy) is 1. The number of pyridine rings is 1. The lowest BCUT2D eigenvalue weighted by Crippen LogP contribution is -2.23. The third kappa shape index (κ3) is 4.03. The molecule has 0 atom stereocenters. The maximum absolute atomic E-state index is 12.4. The number of amides is 1. The number of carbonyl (C=O) groups is 1. The van der Waals surface area contributed by atoms with Crippen LogP contribution in [0.3, 0.4) is 0 Å². The minimum absolute atomic E-state index is 0.135. The van der Waals surface area contributed by atoms with Gasteiger partial charge in [0.25, 0.3) is 5.91 Å². The van der Waals surface area contributed by atoms with E-state index in [-0.39, 0.29) is 5.91 Å². The van der Waals surface area contributed by atoms with Crippen LogP contribution in [-0.4, -0.2) is 27.3 Å². The number of carbonyl (C=O) groups excluding carboxylic acids is 1. The number of nitrogens with one attached hydrogen (secondary N) is 1. The maximum Gasteiger partial charge on any atom is 0.251 e. The quantitative estimate of drug-likeness (QED) is 0.751. The minimum Gasteiger partial charge on any atom is -0.494 e. The lowest BCUT2D eigenvalue weighted by molar-refractivity contribution is 0.0951. The first-order valence-electron chi connectivity index (χ1n) is 8.11. The zero-order valence-corrected chi connectivity index (χ0v) is 14.3. The summed E-state index contributed by atoms with van der Waals surface area (Å²) in [5, 5.41) is 7.11. The first kappa shape index (κ1) is 16.7. The van der Waals surface area contributed by atoms with E-state index < -0.39 is 0 Å². The van der Waals surface area contributed by atoms with Crippen molar-refractivity contribution in [1.82, 2.24) is 20.1 Å². The predicted molar refractivity (Wildman–Crippen MR) is 95.2 cm³/mol. The van der Waals surface area contributed by atoms with Crippen molar-refractivity contribution in [2.45, 2.75) is 13.5 Å². The van der Waals surface area contributed by atoms with Crippen molar-refractivity contribution in [1.29, 1.82) is 0 Å². The molecule has 0 saturated heterocycles. The van der Waals surface area contributed by atoms with Gasteiger partial charge in [-0.1, -0.05) is 6.07 Å². The largest absolute Gasteiger partial charge is 0.494 e. The molecule has 0 aliphatic rings. The molecular formula is C19H20N4O2. The smallest absolute Gasteiger partial charge is 0.251 e. The molecule has 1 aromatic carbocycles. The van der Waals surface area contributed by atoms with Crippen LogP contribution in [0, 0.1) is 0 Å². The Bertz CT molecular complexity index is 856. The molecule has 3 aromatic rings. The average Bonchev–Trinajstić information content (AvgIpc) is 3.07. The Labute approximate surface area is 146 Å². The van der Waals surface area contributed by atoms with Gasteiger partial charge < -0.3 is 10.1 Å². The van der Waals surface area contributed by atoms with Crippen molar-refractivity contribution in [2.75, 3.05) is 6.61 Å². The van der Waals surface area contributed by atoms with Crippen LogP contribution in [0.5, 0.6) is 5.75 Å². The molecule has 0 spiro atoms. The topological polar surface area (TPSA) is 69.0 Å². The highest BCUT2D eigenvalue weighted by Crippen LogP contribution is 2.20. The van der Waals surface area contributed by atoms with Gasteiger partial charge >= 0.3 is 0 Å². The highest BCUT2D eigenvalue weighted by Gasteiger charge is 2.10. The molecule has 0 saturated carbocycles. The summed E-state index contributed by atoms with van der Waals surface area (Å²) in [5.74, 6) is 0.620. The summed E-state index contributed by atoms with van der Waals surface area (Å²) >= 11 is 0. The standard InChI is InChI=1S/C19H20N4O2/c1-3-25-17-8-6-14(7-9-17)19(24)21-11-15-5-4-10-20-18(15)16-12-22-23(2)13-16/h4-10,12-13H,3,11H2,1-2H3,(H,21,24). The average molecular weight is 336 g/mol. The van der Waals surface area contributed by atoms with Gasteiger partial charge in [-0.05, 0) is 42.8 Å². The summed E-state index contributed by atoms with van der Waals surface area (Å²) in [6, 6.07) is 10.9. The molecule has 2 heterocycles. The van der Waals surface area contributed by atoms with Crippen LogP contribution in [0.4, 0.5) is 0 Å². The monoisotopic (exact) mass is 336 g/mol. The molecular weight excluding hydrogens is 316 g/mol. The molecule has 128 valence electrons. The summed E-state index contributed by atoms with van der Waals surface area (Å²) in [4.78, 5) is 16.8. The first-order chi connectivity index (χ1) is 12.2. The lowest BCUT2D eigenvalue weighted by atomic mass is 10.1. The molecule has 0 unspecified atom stereocenters. The zero-order valence-electron chi connectivity index (χ0n) is 14.3. The second-order valence-electron chi connectivity index (χ2n) is 5.55. The predicted octanol–water partition coefficient (Wildman–Crippen LogP) is 2.81. The van der Waals surface area contributed by atoms with Crippen LogP contribution in [-0.2, 0) is 13.6 Å².